The molecule has 0 bridgehead atoms. The highest BCUT2D eigenvalue weighted by atomic mass is 35.5. The zero-order valence-electron chi connectivity index (χ0n) is 12.4. The van der Waals surface area contributed by atoms with Gasteiger partial charge in [0.25, 0.3) is 0 Å². The molecular formula is C17H12Cl3N3O. The van der Waals surface area contributed by atoms with Crippen LogP contribution in [0.5, 0.6) is 0 Å². The van der Waals surface area contributed by atoms with Gasteiger partial charge in [0.2, 0.25) is 0 Å². The highest BCUT2D eigenvalue weighted by Gasteiger charge is 2.24. The van der Waals surface area contributed by atoms with E-state index in [1.165, 1.54) is 17.3 Å². The molecule has 0 aliphatic carbocycles. The molecule has 0 saturated carbocycles. The van der Waals surface area contributed by atoms with Gasteiger partial charge in [0.15, 0.2) is 5.78 Å². The number of ketones is 1. The van der Waals surface area contributed by atoms with Gasteiger partial charge in [-0.2, -0.15) is 5.10 Å². The highest BCUT2D eigenvalue weighted by Crippen LogP contribution is 2.26. The third-order valence-electron chi connectivity index (χ3n) is 3.62. The van der Waals surface area contributed by atoms with Gasteiger partial charge in [-0.1, -0.05) is 40.9 Å². The van der Waals surface area contributed by atoms with E-state index < -0.39 is 6.04 Å². The predicted octanol–water partition coefficient (Wildman–Crippen LogP) is 4.91. The summed E-state index contributed by atoms with van der Waals surface area (Å²) in [6.07, 6.45) is 3.29. The van der Waals surface area contributed by atoms with Gasteiger partial charge in [0.1, 0.15) is 18.7 Å². The molecule has 7 heteroatoms. The van der Waals surface area contributed by atoms with Crippen LogP contribution in [0.2, 0.25) is 15.1 Å². The van der Waals surface area contributed by atoms with E-state index in [0.717, 1.165) is 5.56 Å². The van der Waals surface area contributed by atoms with Gasteiger partial charge in [-0.05, 0) is 42.0 Å². The number of rotatable bonds is 5. The van der Waals surface area contributed by atoms with Crippen molar-refractivity contribution in [3.8, 4) is 0 Å². The van der Waals surface area contributed by atoms with Crippen molar-refractivity contribution in [2.45, 2.75) is 12.5 Å². The SMILES string of the molecule is O=C(c1ccc(Cl)cc1)C(Cc1ccc(Cl)cc1Cl)n1cncn1. The maximum atomic E-state index is 12.9. The standard InChI is InChI=1S/C17H12Cl3N3O/c18-13-4-1-11(2-5-13)17(24)16(23-10-21-9-22-23)7-12-3-6-14(19)8-15(12)20/h1-6,8-10,16H,7H2. The van der Waals surface area contributed by atoms with Gasteiger partial charge in [-0.15, -0.1) is 0 Å². The second kappa shape index (κ2) is 7.34. The van der Waals surface area contributed by atoms with Crippen molar-refractivity contribution < 1.29 is 4.79 Å². The molecule has 0 radical (unpaired) electrons. The molecule has 0 amide bonds. The minimum absolute atomic E-state index is 0.0943. The minimum atomic E-state index is -0.563. The van der Waals surface area contributed by atoms with Crippen molar-refractivity contribution in [2.75, 3.05) is 0 Å². The molecule has 3 rings (SSSR count). The quantitative estimate of drug-likeness (QED) is 0.591. The van der Waals surface area contributed by atoms with Gasteiger partial charge >= 0.3 is 0 Å². The molecular weight excluding hydrogens is 369 g/mol. The smallest absolute Gasteiger partial charge is 0.187 e. The molecule has 24 heavy (non-hydrogen) atoms. The first-order valence-corrected chi connectivity index (χ1v) is 8.26. The summed E-state index contributed by atoms with van der Waals surface area (Å²) in [7, 11) is 0. The third kappa shape index (κ3) is 3.78. The Morgan fingerprint density at radius 1 is 1.04 bits per heavy atom. The molecule has 1 unspecified atom stereocenters. The van der Waals surface area contributed by atoms with Crippen LogP contribution in [0, 0.1) is 0 Å². The maximum absolute atomic E-state index is 12.9. The lowest BCUT2D eigenvalue weighted by molar-refractivity contribution is 0.0916. The van der Waals surface area contributed by atoms with Crippen LogP contribution in [-0.4, -0.2) is 20.5 Å². The molecule has 3 aromatic rings. The highest BCUT2D eigenvalue weighted by molar-refractivity contribution is 6.35. The van der Waals surface area contributed by atoms with Crippen LogP contribution in [0.3, 0.4) is 0 Å². The lowest BCUT2D eigenvalue weighted by Crippen LogP contribution is -2.23. The van der Waals surface area contributed by atoms with Gasteiger partial charge in [-0.25, -0.2) is 9.67 Å². The Hall–Kier alpha value is -1.88. The van der Waals surface area contributed by atoms with E-state index in [0.29, 0.717) is 27.1 Å². The van der Waals surface area contributed by atoms with Crippen molar-refractivity contribution in [3.63, 3.8) is 0 Å². The van der Waals surface area contributed by atoms with Crippen LogP contribution in [0.4, 0.5) is 0 Å². The number of nitrogens with zero attached hydrogens (tertiary/aromatic N) is 3. The van der Waals surface area contributed by atoms with Crippen molar-refractivity contribution in [3.05, 3.63) is 81.3 Å². The van der Waals surface area contributed by atoms with Crippen LogP contribution >= 0.6 is 34.8 Å². The molecule has 4 nitrogen and oxygen atoms in total. The second-order valence-electron chi connectivity index (χ2n) is 5.20. The Morgan fingerprint density at radius 3 is 2.38 bits per heavy atom. The Bertz CT molecular complexity index is 848. The fourth-order valence-corrected chi connectivity index (χ4v) is 3.00. The summed E-state index contributed by atoms with van der Waals surface area (Å²) in [5.41, 5.74) is 1.36. The lowest BCUT2D eigenvalue weighted by atomic mass is 9.97. The van der Waals surface area contributed by atoms with Gasteiger partial charge in [0, 0.05) is 27.1 Å². The molecule has 0 fully saturated rings. The van der Waals surface area contributed by atoms with E-state index in [1.54, 1.807) is 36.4 Å². The van der Waals surface area contributed by atoms with E-state index in [-0.39, 0.29) is 5.78 Å². The molecule has 2 aromatic carbocycles. The van der Waals surface area contributed by atoms with Crippen molar-refractivity contribution >= 4 is 40.6 Å². The van der Waals surface area contributed by atoms with E-state index in [9.17, 15) is 4.79 Å². The molecule has 0 aliphatic rings. The maximum Gasteiger partial charge on any atom is 0.187 e. The summed E-state index contributed by atoms with van der Waals surface area (Å²) in [6.45, 7) is 0. The van der Waals surface area contributed by atoms with Crippen LogP contribution in [0.15, 0.2) is 55.1 Å². The van der Waals surface area contributed by atoms with E-state index in [1.807, 2.05) is 6.07 Å². The average molecular weight is 381 g/mol. The number of hydrogen-bond donors (Lipinski definition) is 0. The Balaban J connectivity index is 1.95. The number of carbonyl (C=O) groups excluding carboxylic acids is 1. The first kappa shape index (κ1) is 17.0. The largest absolute Gasteiger partial charge is 0.292 e. The van der Waals surface area contributed by atoms with Gasteiger partial charge in [-0.3, -0.25) is 4.79 Å². The van der Waals surface area contributed by atoms with E-state index in [2.05, 4.69) is 10.1 Å². The summed E-state index contributed by atoms with van der Waals surface area (Å²) in [4.78, 5) is 16.9. The van der Waals surface area contributed by atoms with Crippen LogP contribution in [0.1, 0.15) is 22.0 Å². The van der Waals surface area contributed by atoms with Gasteiger partial charge < -0.3 is 0 Å². The van der Waals surface area contributed by atoms with Gasteiger partial charge in [0.05, 0.1) is 0 Å². The summed E-state index contributed by atoms with van der Waals surface area (Å²) in [6, 6.07) is 11.4. The monoisotopic (exact) mass is 379 g/mol. The molecule has 0 saturated heterocycles. The number of carbonyl (C=O) groups is 1. The molecule has 0 aliphatic heterocycles. The van der Waals surface area contributed by atoms with Crippen LogP contribution in [0.25, 0.3) is 0 Å². The predicted molar refractivity (Wildman–Crippen MR) is 95.0 cm³/mol. The lowest BCUT2D eigenvalue weighted by Gasteiger charge is -2.17. The van der Waals surface area contributed by atoms with Crippen LogP contribution < -0.4 is 0 Å². The normalized spacial score (nSPS) is 12.1. The average Bonchev–Trinajstić information content (AvgIpc) is 3.08. The number of benzene rings is 2. The molecule has 0 N–H and O–H groups in total. The second-order valence-corrected chi connectivity index (χ2v) is 6.48. The fourth-order valence-electron chi connectivity index (χ4n) is 2.39. The number of aromatic nitrogens is 3. The molecule has 122 valence electrons. The number of Topliss-reactive ketones (excluding diaryl/α,β-unsaturated/α-hetero) is 1. The third-order valence-corrected chi connectivity index (χ3v) is 4.45. The first-order chi connectivity index (χ1) is 11.5. The van der Waals surface area contributed by atoms with E-state index >= 15 is 0 Å². The molecule has 0 spiro atoms. The minimum Gasteiger partial charge on any atom is -0.292 e. The molecule has 1 heterocycles. The summed E-state index contributed by atoms with van der Waals surface area (Å²) in [5.74, 6) is -0.0943. The van der Waals surface area contributed by atoms with E-state index in [4.69, 9.17) is 34.8 Å². The summed E-state index contributed by atoms with van der Waals surface area (Å²) < 4.78 is 1.53. The number of halogens is 3. The molecule has 1 aromatic heterocycles. The summed E-state index contributed by atoms with van der Waals surface area (Å²) >= 11 is 18.1. The Labute approximate surface area is 154 Å². The summed E-state index contributed by atoms with van der Waals surface area (Å²) in [5, 5.41) is 5.74. The fraction of sp³-hybridized carbons (Fsp3) is 0.118. The van der Waals surface area contributed by atoms with Crippen molar-refractivity contribution in [1.82, 2.24) is 14.8 Å². The Morgan fingerprint density at radius 2 is 1.75 bits per heavy atom. The molecule has 1 atom stereocenters. The topological polar surface area (TPSA) is 47.8 Å². The Kier molecular flexibility index (Phi) is 5.19. The zero-order valence-corrected chi connectivity index (χ0v) is 14.6. The van der Waals surface area contributed by atoms with Crippen LogP contribution in [-0.2, 0) is 6.42 Å². The van der Waals surface area contributed by atoms with Crippen molar-refractivity contribution in [2.24, 2.45) is 0 Å². The number of hydrogen-bond acceptors (Lipinski definition) is 3. The zero-order chi connectivity index (χ0) is 17.1. The first-order valence-electron chi connectivity index (χ1n) is 7.12. The van der Waals surface area contributed by atoms with Crippen molar-refractivity contribution in [1.29, 1.82) is 0 Å².